The van der Waals surface area contributed by atoms with Crippen LogP contribution in [0.2, 0.25) is 0 Å². The van der Waals surface area contributed by atoms with Gasteiger partial charge in [0.05, 0.1) is 0 Å². The molecule has 3 nitrogen and oxygen atoms in total. The molecule has 0 bridgehead atoms. The van der Waals surface area contributed by atoms with Crippen LogP contribution >= 0.6 is 0 Å². The molecule has 0 saturated heterocycles. The highest BCUT2D eigenvalue weighted by atomic mass is 16.3. The van der Waals surface area contributed by atoms with Crippen molar-refractivity contribution in [1.82, 2.24) is 0 Å². The second-order valence-electron chi connectivity index (χ2n) is 9.49. The third-order valence-electron chi connectivity index (χ3n) is 8.56. The number of carbonyl (C=O) groups excluding carboxylic acids is 2. The first-order valence-electron chi connectivity index (χ1n) is 9.81. The van der Waals surface area contributed by atoms with E-state index in [1.165, 1.54) is 11.1 Å². The average molecular weight is 342 g/mol. The molecule has 2 fully saturated rings. The zero-order valence-corrected chi connectivity index (χ0v) is 15.9. The molecule has 0 aromatic rings. The van der Waals surface area contributed by atoms with Crippen molar-refractivity contribution in [2.75, 3.05) is 0 Å². The van der Waals surface area contributed by atoms with Crippen LogP contribution in [0.25, 0.3) is 0 Å². The highest BCUT2D eigenvalue weighted by molar-refractivity contribution is 5.92. The van der Waals surface area contributed by atoms with E-state index in [9.17, 15) is 14.7 Å². The molecule has 0 unspecified atom stereocenters. The van der Waals surface area contributed by atoms with Gasteiger partial charge in [-0.3, -0.25) is 9.59 Å². The van der Waals surface area contributed by atoms with Crippen LogP contribution in [0.5, 0.6) is 0 Å². The number of rotatable bonds is 1. The van der Waals surface area contributed by atoms with Gasteiger partial charge in [-0.25, -0.2) is 0 Å². The molecule has 4 aliphatic rings. The molecule has 0 aromatic heterocycles. The monoisotopic (exact) mass is 342 g/mol. The Kier molecular flexibility index (Phi) is 3.55. The first-order chi connectivity index (χ1) is 11.6. The Morgan fingerprint density at radius 3 is 2.52 bits per heavy atom. The van der Waals surface area contributed by atoms with Crippen molar-refractivity contribution in [3.8, 4) is 0 Å². The van der Waals surface area contributed by atoms with Gasteiger partial charge in [0, 0.05) is 11.8 Å². The summed E-state index contributed by atoms with van der Waals surface area (Å²) in [4.78, 5) is 24.3. The Morgan fingerprint density at radius 2 is 1.84 bits per heavy atom. The predicted octanol–water partition coefficient (Wildman–Crippen LogP) is 4.00. The van der Waals surface area contributed by atoms with Crippen molar-refractivity contribution in [1.29, 1.82) is 0 Å². The minimum atomic E-state index is -1.16. The van der Waals surface area contributed by atoms with Crippen molar-refractivity contribution in [2.45, 2.75) is 71.8 Å². The third-order valence-corrected chi connectivity index (χ3v) is 8.56. The van der Waals surface area contributed by atoms with Gasteiger partial charge in [0.2, 0.25) is 0 Å². The molecule has 0 radical (unpaired) electrons. The zero-order valence-electron chi connectivity index (χ0n) is 15.9. The number of allylic oxidation sites excluding steroid dienone is 4. The zero-order chi connectivity index (χ0) is 18.2. The highest BCUT2D eigenvalue weighted by Gasteiger charge is 2.65. The van der Waals surface area contributed by atoms with E-state index < -0.39 is 5.60 Å². The second-order valence-corrected chi connectivity index (χ2v) is 9.49. The van der Waals surface area contributed by atoms with E-state index in [1.54, 1.807) is 6.92 Å². The summed E-state index contributed by atoms with van der Waals surface area (Å²) < 4.78 is 0. The van der Waals surface area contributed by atoms with E-state index in [4.69, 9.17) is 0 Å². The molecule has 4 aliphatic carbocycles. The summed E-state index contributed by atoms with van der Waals surface area (Å²) in [6.07, 6.45) is 9.28. The lowest BCUT2D eigenvalue weighted by molar-refractivity contribution is -0.156. The maximum absolute atomic E-state index is 12.3. The number of fused-ring (bicyclic) bond motifs is 5. The lowest BCUT2D eigenvalue weighted by Gasteiger charge is -2.57. The van der Waals surface area contributed by atoms with Crippen LogP contribution in [-0.2, 0) is 9.59 Å². The van der Waals surface area contributed by atoms with E-state index in [0.29, 0.717) is 30.6 Å². The Morgan fingerprint density at radius 1 is 1.16 bits per heavy atom. The van der Waals surface area contributed by atoms with Gasteiger partial charge in [-0.1, -0.05) is 25.5 Å². The van der Waals surface area contributed by atoms with Crippen molar-refractivity contribution in [3.63, 3.8) is 0 Å². The summed E-state index contributed by atoms with van der Waals surface area (Å²) in [5.74, 6) is 1.46. The molecule has 0 aliphatic heterocycles. The highest BCUT2D eigenvalue weighted by Crippen LogP contribution is 2.67. The van der Waals surface area contributed by atoms with Crippen molar-refractivity contribution in [2.24, 2.45) is 28.6 Å². The quantitative estimate of drug-likeness (QED) is 0.783. The lowest BCUT2D eigenvalue weighted by atomic mass is 9.47. The molecule has 136 valence electrons. The van der Waals surface area contributed by atoms with Crippen LogP contribution in [0.3, 0.4) is 0 Å². The summed E-state index contributed by atoms with van der Waals surface area (Å²) in [7, 11) is 0. The topological polar surface area (TPSA) is 54.4 Å². The Hall–Kier alpha value is -1.22. The third kappa shape index (κ3) is 2.02. The fourth-order valence-corrected chi connectivity index (χ4v) is 7.01. The molecule has 4 rings (SSSR count). The largest absolute Gasteiger partial charge is 0.382 e. The number of ketones is 2. The van der Waals surface area contributed by atoms with Gasteiger partial charge in [0.15, 0.2) is 11.6 Å². The predicted molar refractivity (Wildman–Crippen MR) is 96.9 cm³/mol. The van der Waals surface area contributed by atoms with Crippen molar-refractivity contribution in [3.05, 3.63) is 23.3 Å². The van der Waals surface area contributed by atoms with Crippen molar-refractivity contribution < 1.29 is 14.7 Å². The first kappa shape index (κ1) is 17.2. The Balaban J connectivity index is 1.80. The van der Waals surface area contributed by atoms with E-state index in [-0.39, 0.29) is 22.4 Å². The molecule has 0 spiro atoms. The molecular formula is C22H30O3. The van der Waals surface area contributed by atoms with Crippen LogP contribution in [0.15, 0.2) is 23.3 Å². The molecule has 3 heteroatoms. The van der Waals surface area contributed by atoms with E-state index >= 15 is 0 Å². The standard InChI is InChI=1S/C22H30O3/c1-13-11-16-17(20(3)8-5-15(24)12-19(13)20)6-9-21(4)18(16)7-10-22(21,25)14(2)23/h11-12,16-18,25H,5-10H2,1-4H3/t16-,17+,18-,20-,21+,22+/m1/s1. The number of carbonyl (C=O) groups is 2. The molecule has 1 N–H and O–H groups in total. The normalized spacial score (nSPS) is 48.8. The molecular weight excluding hydrogens is 312 g/mol. The molecule has 2 saturated carbocycles. The van der Waals surface area contributed by atoms with Gasteiger partial charge in [0.1, 0.15) is 5.60 Å². The maximum Gasteiger partial charge on any atom is 0.161 e. The smallest absolute Gasteiger partial charge is 0.161 e. The summed E-state index contributed by atoms with van der Waals surface area (Å²) in [5.41, 5.74) is 1.06. The SMILES string of the molecule is CC(=O)[C@@]1(O)CC[C@@H]2[C@@H]3C=C(C)C4=CC(=O)CC[C@]4(C)[C@H]3CC[C@@]21C. The van der Waals surface area contributed by atoms with Gasteiger partial charge < -0.3 is 5.11 Å². The molecule has 0 aromatic carbocycles. The molecule has 6 atom stereocenters. The lowest BCUT2D eigenvalue weighted by Crippen LogP contribution is -2.56. The van der Waals surface area contributed by atoms with Crippen LogP contribution in [0.4, 0.5) is 0 Å². The summed E-state index contributed by atoms with van der Waals surface area (Å²) >= 11 is 0. The molecule has 0 amide bonds. The maximum atomic E-state index is 12.3. The minimum absolute atomic E-state index is 0.0651. The Bertz CT molecular complexity index is 717. The van der Waals surface area contributed by atoms with Crippen LogP contribution in [-0.4, -0.2) is 22.3 Å². The van der Waals surface area contributed by atoms with Gasteiger partial charge in [0.25, 0.3) is 0 Å². The van der Waals surface area contributed by atoms with Crippen molar-refractivity contribution >= 4 is 11.6 Å². The fraction of sp³-hybridized carbons (Fsp3) is 0.727. The van der Waals surface area contributed by atoms with Gasteiger partial charge >= 0.3 is 0 Å². The second kappa shape index (κ2) is 5.16. The number of hydrogen-bond acceptors (Lipinski definition) is 3. The summed E-state index contributed by atoms with van der Waals surface area (Å²) in [6, 6.07) is 0. The first-order valence-corrected chi connectivity index (χ1v) is 9.81. The fourth-order valence-electron chi connectivity index (χ4n) is 7.01. The van der Waals surface area contributed by atoms with E-state index in [2.05, 4.69) is 26.8 Å². The number of aliphatic hydroxyl groups is 1. The number of hydrogen-bond donors (Lipinski definition) is 1. The van der Waals surface area contributed by atoms with Gasteiger partial charge in [-0.2, -0.15) is 0 Å². The summed E-state index contributed by atoms with van der Waals surface area (Å²) in [6.45, 7) is 8.17. The summed E-state index contributed by atoms with van der Waals surface area (Å²) in [5, 5.41) is 11.2. The van der Waals surface area contributed by atoms with Crippen LogP contribution in [0.1, 0.15) is 66.2 Å². The minimum Gasteiger partial charge on any atom is -0.382 e. The van der Waals surface area contributed by atoms with Crippen LogP contribution < -0.4 is 0 Å². The average Bonchev–Trinajstić information content (AvgIpc) is 2.83. The van der Waals surface area contributed by atoms with Crippen LogP contribution in [0, 0.1) is 28.6 Å². The van der Waals surface area contributed by atoms with Gasteiger partial charge in [-0.15, -0.1) is 0 Å². The van der Waals surface area contributed by atoms with E-state index in [1.807, 2.05) is 6.08 Å². The number of Topliss-reactive ketones (excluding diaryl/α,β-unsaturated/α-hetero) is 1. The van der Waals surface area contributed by atoms with E-state index in [0.717, 1.165) is 25.7 Å². The molecule has 25 heavy (non-hydrogen) atoms. The van der Waals surface area contributed by atoms with Gasteiger partial charge in [-0.05, 0) is 80.8 Å². The molecule has 0 heterocycles. The Labute approximate surface area is 150 Å².